The topological polar surface area (TPSA) is 29.1 Å². The normalized spacial score (nSPS) is 10.3. The summed E-state index contributed by atoms with van der Waals surface area (Å²) in [5.74, 6) is -0.223. The summed E-state index contributed by atoms with van der Waals surface area (Å²) < 4.78 is 0. The molecule has 88 valence electrons. The zero-order chi connectivity index (χ0) is 12.4. The molecule has 17 heavy (non-hydrogen) atoms. The van der Waals surface area contributed by atoms with Crippen LogP contribution in [-0.2, 0) is 0 Å². The quantitative estimate of drug-likeness (QED) is 0.780. The molecule has 1 aromatic heterocycles. The molecule has 1 amide bonds. The van der Waals surface area contributed by atoms with Crippen LogP contribution in [0.4, 0.5) is 5.69 Å². The van der Waals surface area contributed by atoms with Crippen LogP contribution in [0.3, 0.4) is 0 Å². The minimum absolute atomic E-state index is 0.223. The summed E-state index contributed by atoms with van der Waals surface area (Å²) in [5, 5.41) is 5.24. The Morgan fingerprint density at radius 2 is 2.12 bits per heavy atom. The number of hydrogen-bond acceptors (Lipinski definition) is 3. The third-order valence-electron chi connectivity index (χ3n) is 2.01. The molecule has 0 bridgehead atoms. The minimum Gasteiger partial charge on any atom is -0.320 e. The van der Waals surface area contributed by atoms with Gasteiger partial charge >= 0.3 is 0 Å². The Kier molecular flexibility index (Phi) is 3.99. The van der Waals surface area contributed by atoms with Gasteiger partial charge in [0, 0.05) is 10.3 Å². The average molecular weight is 304 g/mol. The van der Waals surface area contributed by atoms with E-state index in [2.05, 4.69) is 17.9 Å². The molecule has 0 spiro atoms. The molecule has 1 N–H and O–H groups in total. The third kappa shape index (κ3) is 2.96. The molecule has 2 nitrogen and oxygen atoms in total. The fraction of sp³-hybridized carbons (Fsp3) is 0. The molecule has 0 radical (unpaired) electrons. The monoisotopic (exact) mass is 303 g/mol. The number of carbonyl (C=O) groups is 1. The van der Waals surface area contributed by atoms with Crippen molar-refractivity contribution in [3.05, 3.63) is 44.6 Å². The van der Waals surface area contributed by atoms with Crippen LogP contribution in [0.5, 0.6) is 0 Å². The van der Waals surface area contributed by atoms with Gasteiger partial charge in [-0.2, -0.15) is 0 Å². The summed E-state index contributed by atoms with van der Waals surface area (Å²) in [4.78, 5) is 13.2. The molecule has 0 atom stereocenters. The molecule has 0 aliphatic carbocycles. The standard InChI is InChI=1S/C11H7Cl2NOS2/c12-7-2-1-3-8(10(7)13)14-11(15)9-4-6(16)5-17-9/h1-5,16H,(H,14,15). The molecule has 2 aromatic rings. The van der Waals surface area contributed by atoms with Gasteiger partial charge in [-0.3, -0.25) is 4.79 Å². The highest BCUT2D eigenvalue weighted by molar-refractivity contribution is 7.80. The summed E-state index contributed by atoms with van der Waals surface area (Å²) >= 11 is 17.3. The van der Waals surface area contributed by atoms with Crippen molar-refractivity contribution >= 4 is 58.8 Å². The van der Waals surface area contributed by atoms with Crippen LogP contribution >= 0.6 is 47.2 Å². The first-order chi connectivity index (χ1) is 8.08. The number of thiophene rings is 1. The third-order valence-corrected chi connectivity index (χ3v) is 4.19. The van der Waals surface area contributed by atoms with Crippen molar-refractivity contribution in [1.82, 2.24) is 0 Å². The van der Waals surface area contributed by atoms with Crippen LogP contribution in [0.15, 0.2) is 34.5 Å². The Hall–Kier alpha value is -0.680. The second-order valence-electron chi connectivity index (χ2n) is 3.22. The molecule has 0 aliphatic rings. The lowest BCUT2D eigenvalue weighted by atomic mass is 10.3. The van der Waals surface area contributed by atoms with Gasteiger partial charge in [0.25, 0.3) is 5.91 Å². The predicted molar refractivity (Wildman–Crippen MR) is 76.0 cm³/mol. The van der Waals surface area contributed by atoms with Crippen LogP contribution in [0.1, 0.15) is 9.67 Å². The molecule has 0 saturated carbocycles. The van der Waals surface area contributed by atoms with E-state index in [1.165, 1.54) is 11.3 Å². The number of benzene rings is 1. The van der Waals surface area contributed by atoms with Gasteiger partial charge in [0.15, 0.2) is 0 Å². The maximum absolute atomic E-state index is 11.9. The zero-order valence-corrected chi connectivity index (χ0v) is 11.6. The van der Waals surface area contributed by atoms with E-state index < -0.39 is 0 Å². The summed E-state index contributed by atoms with van der Waals surface area (Å²) in [6.07, 6.45) is 0. The highest BCUT2D eigenvalue weighted by Gasteiger charge is 2.11. The summed E-state index contributed by atoms with van der Waals surface area (Å²) in [6.45, 7) is 0. The fourth-order valence-corrected chi connectivity index (χ4v) is 2.62. The molecule has 2 rings (SSSR count). The molecule has 6 heteroatoms. The van der Waals surface area contributed by atoms with Crippen molar-refractivity contribution in [3.63, 3.8) is 0 Å². The van der Waals surface area contributed by atoms with Crippen LogP contribution in [-0.4, -0.2) is 5.91 Å². The predicted octanol–water partition coefficient (Wildman–Crippen LogP) is 4.60. The SMILES string of the molecule is O=C(Nc1cccc(Cl)c1Cl)c1cc(S)cs1. The van der Waals surface area contributed by atoms with Gasteiger partial charge in [0.1, 0.15) is 0 Å². The first kappa shape index (κ1) is 12.8. The number of anilines is 1. The van der Waals surface area contributed by atoms with Crippen LogP contribution in [0.25, 0.3) is 0 Å². The first-order valence-corrected chi connectivity index (χ1v) is 6.69. The molecule has 0 saturated heterocycles. The second-order valence-corrected chi connectivity index (χ2v) is 5.44. The first-order valence-electron chi connectivity index (χ1n) is 4.61. The highest BCUT2D eigenvalue weighted by atomic mass is 35.5. The van der Waals surface area contributed by atoms with E-state index >= 15 is 0 Å². The van der Waals surface area contributed by atoms with Crippen molar-refractivity contribution < 1.29 is 4.79 Å². The summed E-state index contributed by atoms with van der Waals surface area (Å²) in [6, 6.07) is 6.78. The lowest BCUT2D eigenvalue weighted by Gasteiger charge is -2.06. The van der Waals surface area contributed by atoms with E-state index in [0.717, 1.165) is 4.90 Å². The van der Waals surface area contributed by atoms with E-state index in [4.69, 9.17) is 23.2 Å². The van der Waals surface area contributed by atoms with Gasteiger partial charge in [-0.1, -0.05) is 29.3 Å². The van der Waals surface area contributed by atoms with E-state index in [0.29, 0.717) is 20.6 Å². The number of rotatable bonds is 2. The molecule has 1 aromatic carbocycles. The Morgan fingerprint density at radius 1 is 1.35 bits per heavy atom. The fourth-order valence-electron chi connectivity index (χ4n) is 1.23. The van der Waals surface area contributed by atoms with E-state index in [1.807, 2.05) is 0 Å². The number of hydrogen-bond donors (Lipinski definition) is 2. The molecule has 1 heterocycles. The van der Waals surface area contributed by atoms with Gasteiger partial charge < -0.3 is 5.32 Å². The Bertz CT molecular complexity index is 568. The average Bonchev–Trinajstić information content (AvgIpc) is 2.72. The van der Waals surface area contributed by atoms with Gasteiger partial charge in [-0.05, 0) is 18.2 Å². The van der Waals surface area contributed by atoms with Crippen molar-refractivity contribution in [2.45, 2.75) is 4.90 Å². The minimum atomic E-state index is -0.223. The van der Waals surface area contributed by atoms with E-state index in [1.54, 1.807) is 29.6 Å². The lowest BCUT2D eigenvalue weighted by Crippen LogP contribution is -2.10. The molecular weight excluding hydrogens is 297 g/mol. The number of carbonyl (C=O) groups excluding carboxylic acids is 1. The van der Waals surface area contributed by atoms with Crippen LogP contribution in [0.2, 0.25) is 10.0 Å². The maximum Gasteiger partial charge on any atom is 0.265 e. The smallest absolute Gasteiger partial charge is 0.265 e. The lowest BCUT2D eigenvalue weighted by molar-refractivity contribution is 0.103. The van der Waals surface area contributed by atoms with Crippen molar-refractivity contribution in [1.29, 1.82) is 0 Å². The number of amides is 1. The maximum atomic E-state index is 11.9. The van der Waals surface area contributed by atoms with Crippen molar-refractivity contribution in [2.24, 2.45) is 0 Å². The Morgan fingerprint density at radius 3 is 2.76 bits per heavy atom. The van der Waals surface area contributed by atoms with Crippen LogP contribution in [0, 0.1) is 0 Å². The van der Waals surface area contributed by atoms with Gasteiger partial charge in [0.05, 0.1) is 20.6 Å². The van der Waals surface area contributed by atoms with Crippen molar-refractivity contribution in [3.8, 4) is 0 Å². The second kappa shape index (κ2) is 5.31. The molecule has 0 unspecified atom stereocenters. The number of thiol groups is 1. The van der Waals surface area contributed by atoms with Crippen molar-refractivity contribution in [2.75, 3.05) is 5.32 Å². The van der Waals surface area contributed by atoms with Crippen LogP contribution < -0.4 is 5.32 Å². The highest BCUT2D eigenvalue weighted by Crippen LogP contribution is 2.30. The number of halogens is 2. The largest absolute Gasteiger partial charge is 0.320 e. The molecular formula is C11H7Cl2NOS2. The summed E-state index contributed by atoms with van der Waals surface area (Å²) in [5.41, 5.74) is 0.498. The van der Waals surface area contributed by atoms with E-state index in [-0.39, 0.29) is 5.91 Å². The zero-order valence-electron chi connectivity index (χ0n) is 8.41. The molecule has 0 aliphatic heterocycles. The Balaban J connectivity index is 2.21. The Labute approximate surface area is 118 Å². The van der Waals surface area contributed by atoms with E-state index in [9.17, 15) is 4.79 Å². The summed E-state index contributed by atoms with van der Waals surface area (Å²) in [7, 11) is 0. The van der Waals surface area contributed by atoms with Gasteiger partial charge in [-0.15, -0.1) is 24.0 Å². The number of nitrogens with one attached hydrogen (secondary N) is 1. The van der Waals surface area contributed by atoms with Gasteiger partial charge in [0.2, 0.25) is 0 Å². The van der Waals surface area contributed by atoms with Gasteiger partial charge in [-0.25, -0.2) is 0 Å². The molecule has 0 fully saturated rings.